The van der Waals surface area contributed by atoms with Gasteiger partial charge in [0.2, 0.25) is 5.75 Å². The summed E-state index contributed by atoms with van der Waals surface area (Å²) in [5.41, 5.74) is 0.581. The molecule has 0 aromatic heterocycles. The minimum absolute atomic E-state index is 0.0491. The Kier molecular flexibility index (Phi) is 6.80. The van der Waals surface area contributed by atoms with Crippen LogP contribution in [0.5, 0.6) is 11.5 Å². The van der Waals surface area contributed by atoms with Crippen molar-refractivity contribution in [2.45, 2.75) is 32.7 Å². The standard InChI is InChI=1S/C18H23N3O7/c1-5-7-11-14(17(22)28-6-2)15(20-18(23)19-11)10-8-12(21(24)25)16(27-4)13(9-10)26-3/h8-9,15H,5-7H2,1-4H3,(H2,19,20,23). The summed E-state index contributed by atoms with van der Waals surface area (Å²) in [5, 5.41) is 16.8. The minimum Gasteiger partial charge on any atom is -0.493 e. The second kappa shape index (κ2) is 9.07. The molecule has 1 unspecified atom stereocenters. The Morgan fingerprint density at radius 2 is 1.96 bits per heavy atom. The molecule has 1 aliphatic rings. The second-order valence-corrected chi connectivity index (χ2v) is 5.93. The summed E-state index contributed by atoms with van der Waals surface area (Å²) in [6.45, 7) is 3.72. The maximum Gasteiger partial charge on any atom is 0.338 e. The fourth-order valence-corrected chi connectivity index (χ4v) is 3.03. The van der Waals surface area contributed by atoms with E-state index in [9.17, 15) is 19.7 Å². The van der Waals surface area contributed by atoms with Gasteiger partial charge in [-0.3, -0.25) is 10.1 Å². The molecule has 0 spiro atoms. The van der Waals surface area contributed by atoms with Gasteiger partial charge in [0.15, 0.2) is 5.75 Å². The largest absolute Gasteiger partial charge is 0.493 e. The summed E-state index contributed by atoms with van der Waals surface area (Å²) in [6.07, 6.45) is 1.12. The molecular formula is C18H23N3O7. The first-order valence-electron chi connectivity index (χ1n) is 8.75. The van der Waals surface area contributed by atoms with E-state index in [0.29, 0.717) is 24.1 Å². The molecule has 10 heteroatoms. The van der Waals surface area contributed by atoms with Crippen LogP contribution in [0.4, 0.5) is 10.5 Å². The molecule has 0 aliphatic carbocycles. The molecular weight excluding hydrogens is 370 g/mol. The summed E-state index contributed by atoms with van der Waals surface area (Å²) < 4.78 is 15.5. The number of carbonyl (C=O) groups is 2. The molecule has 0 saturated carbocycles. The third-order valence-electron chi connectivity index (χ3n) is 4.16. The topological polar surface area (TPSA) is 129 Å². The molecule has 2 amide bonds. The third kappa shape index (κ3) is 4.16. The Morgan fingerprint density at radius 1 is 1.25 bits per heavy atom. The normalized spacial score (nSPS) is 16.1. The van der Waals surface area contributed by atoms with Gasteiger partial charge in [0, 0.05) is 11.8 Å². The van der Waals surface area contributed by atoms with Gasteiger partial charge in [-0.25, -0.2) is 9.59 Å². The van der Waals surface area contributed by atoms with Crippen molar-refractivity contribution in [1.82, 2.24) is 10.6 Å². The molecule has 10 nitrogen and oxygen atoms in total. The van der Waals surface area contributed by atoms with Crippen LogP contribution in [0.3, 0.4) is 0 Å². The number of urea groups is 1. The molecule has 0 fully saturated rings. The molecule has 0 radical (unpaired) electrons. The molecule has 0 bridgehead atoms. The number of nitro benzene ring substituents is 1. The monoisotopic (exact) mass is 393 g/mol. The number of nitrogens with zero attached hydrogens (tertiary/aromatic N) is 1. The molecule has 1 aromatic carbocycles. The van der Waals surface area contributed by atoms with Gasteiger partial charge in [-0.15, -0.1) is 0 Å². The first-order chi connectivity index (χ1) is 13.4. The van der Waals surface area contributed by atoms with E-state index in [0.717, 1.165) is 0 Å². The Morgan fingerprint density at radius 3 is 2.50 bits per heavy atom. The van der Waals surface area contributed by atoms with Crippen molar-refractivity contribution in [3.05, 3.63) is 39.1 Å². The van der Waals surface area contributed by atoms with Gasteiger partial charge in [-0.1, -0.05) is 13.3 Å². The van der Waals surface area contributed by atoms with Crippen LogP contribution in [-0.4, -0.2) is 37.8 Å². The van der Waals surface area contributed by atoms with E-state index in [1.165, 1.54) is 26.4 Å². The van der Waals surface area contributed by atoms with Gasteiger partial charge < -0.3 is 24.8 Å². The zero-order valence-corrected chi connectivity index (χ0v) is 16.2. The van der Waals surface area contributed by atoms with Crippen molar-refractivity contribution in [3.63, 3.8) is 0 Å². The summed E-state index contributed by atoms with van der Waals surface area (Å²) in [7, 11) is 2.64. The van der Waals surface area contributed by atoms with Crippen LogP contribution in [0.15, 0.2) is 23.4 Å². The predicted octanol–water partition coefficient (Wildman–Crippen LogP) is 2.58. The lowest BCUT2D eigenvalue weighted by Crippen LogP contribution is -2.46. The Bertz CT molecular complexity index is 820. The molecule has 1 aromatic rings. The first-order valence-corrected chi connectivity index (χ1v) is 8.75. The van der Waals surface area contributed by atoms with Crippen LogP contribution < -0.4 is 20.1 Å². The molecule has 1 aliphatic heterocycles. The minimum atomic E-state index is -0.937. The lowest BCUT2D eigenvalue weighted by atomic mass is 9.93. The zero-order valence-electron chi connectivity index (χ0n) is 16.2. The number of allylic oxidation sites excluding steroid dienone is 1. The summed E-state index contributed by atoms with van der Waals surface area (Å²) in [6, 6.07) is 1.29. The quantitative estimate of drug-likeness (QED) is 0.394. The molecule has 28 heavy (non-hydrogen) atoms. The number of nitrogens with one attached hydrogen (secondary N) is 2. The van der Waals surface area contributed by atoms with Crippen LogP contribution in [-0.2, 0) is 9.53 Å². The van der Waals surface area contributed by atoms with Crippen molar-refractivity contribution in [1.29, 1.82) is 0 Å². The average molecular weight is 393 g/mol. The van der Waals surface area contributed by atoms with Crippen molar-refractivity contribution in [2.75, 3.05) is 20.8 Å². The highest BCUT2D eigenvalue weighted by Gasteiger charge is 2.35. The smallest absolute Gasteiger partial charge is 0.338 e. The zero-order chi connectivity index (χ0) is 20.8. The van der Waals surface area contributed by atoms with E-state index in [1.54, 1.807) is 6.92 Å². The average Bonchev–Trinajstić information content (AvgIpc) is 2.66. The molecule has 0 saturated heterocycles. The Hall–Kier alpha value is -3.30. The van der Waals surface area contributed by atoms with E-state index in [4.69, 9.17) is 14.2 Å². The lowest BCUT2D eigenvalue weighted by molar-refractivity contribution is -0.385. The van der Waals surface area contributed by atoms with Crippen molar-refractivity contribution < 1.29 is 28.7 Å². The molecule has 1 heterocycles. The number of esters is 1. The van der Waals surface area contributed by atoms with E-state index in [-0.39, 0.29) is 29.4 Å². The van der Waals surface area contributed by atoms with E-state index in [2.05, 4.69) is 10.6 Å². The van der Waals surface area contributed by atoms with Crippen molar-refractivity contribution in [3.8, 4) is 11.5 Å². The second-order valence-electron chi connectivity index (χ2n) is 5.93. The molecule has 2 N–H and O–H groups in total. The fourth-order valence-electron chi connectivity index (χ4n) is 3.03. The highest BCUT2D eigenvalue weighted by molar-refractivity contribution is 5.95. The highest BCUT2D eigenvalue weighted by Crippen LogP contribution is 2.41. The number of hydrogen-bond acceptors (Lipinski definition) is 7. The number of rotatable bonds is 8. The number of methoxy groups -OCH3 is 2. The predicted molar refractivity (Wildman–Crippen MR) is 99.2 cm³/mol. The Balaban J connectivity index is 2.69. The van der Waals surface area contributed by atoms with Crippen LogP contribution in [0.1, 0.15) is 38.3 Å². The number of carbonyl (C=O) groups excluding carboxylic acids is 2. The Labute approximate surface area is 162 Å². The number of hydrogen-bond donors (Lipinski definition) is 2. The SMILES string of the molecule is CCCC1=C(C(=O)OCC)C(c2cc(OC)c(OC)c([N+](=O)[O-])c2)NC(=O)N1. The van der Waals surface area contributed by atoms with Crippen LogP contribution >= 0.6 is 0 Å². The summed E-state index contributed by atoms with van der Waals surface area (Å²) >= 11 is 0. The van der Waals surface area contributed by atoms with Gasteiger partial charge in [-0.05, 0) is 25.0 Å². The molecule has 152 valence electrons. The fraction of sp³-hybridized carbons (Fsp3) is 0.444. The number of nitro groups is 1. The highest BCUT2D eigenvalue weighted by atomic mass is 16.6. The van der Waals surface area contributed by atoms with E-state index in [1.807, 2.05) is 6.92 Å². The van der Waals surface area contributed by atoms with Crippen molar-refractivity contribution in [2.24, 2.45) is 0 Å². The van der Waals surface area contributed by atoms with Gasteiger partial charge in [0.25, 0.3) is 0 Å². The van der Waals surface area contributed by atoms with Crippen LogP contribution in [0, 0.1) is 10.1 Å². The van der Waals surface area contributed by atoms with Crippen molar-refractivity contribution >= 4 is 17.7 Å². The van der Waals surface area contributed by atoms with Crippen LogP contribution in [0.2, 0.25) is 0 Å². The molecule has 2 rings (SSSR count). The van der Waals surface area contributed by atoms with Gasteiger partial charge >= 0.3 is 17.7 Å². The maximum atomic E-state index is 12.6. The third-order valence-corrected chi connectivity index (χ3v) is 4.16. The molecule has 1 atom stereocenters. The summed E-state index contributed by atoms with van der Waals surface area (Å²) in [4.78, 5) is 35.6. The van der Waals surface area contributed by atoms with E-state index >= 15 is 0 Å². The first kappa shape index (κ1) is 21.0. The van der Waals surface area contributed by atoms with E-state index < -0.39 is 23.0 Å². The lowest BCUT2D eigenvalue weighted by Gasteiger charge is -2.29. The number of benzene rings is 1. The number of ether oxygens (including phenoxy) is 3. The summed E-state index contributed by atoms with van der Waals surface area (Å²) in [5.74, 6) is -0.549. The van der Waals surface area contributed by atoms with Gasteiger partial charge in [-0.2, -0.15) is 0 Å². The maximum absolute atomic E-state index is 12.6. The van der Waals surface area contributed by atoms with Gasteiger partial charge in [0.1, 0.15) is 0 Å². The van der Waals surface area contributed by atoms with Gasteiger partial charge in [0.05, 0.1) is 37.4 Å². The van der Waals surface area contributed by atoms with Crippen LogP contribution in [0.25, 0.3) is 0 Å². The number of amides is 2.